The van der Waals surface area contributed by atoms with Crippen LogP contribution in [0.1, 0.15) is 28.4 Å². The molecule has 6 heteroatoms. The van der Waals surface area contributed by atoms with Crippen LogP contribution in [0.3, 0.4) is 0 Å². The largest absolute Gasteiger partial charge is 0.454 e. The number of carbonyl (C=O) groups is 1. The Morgan fingerprint density at radius 1 is 0.833 bits per heavy atom. The second kappa shape index (κ2) is 10.4. The van der Waals surface area contributed by atoms with E-state index in [2.05, 4.69) is 0 Å². The van der Waals surface area contributed by atoms with Crippen molar-refractivity contribution >= 4 is 17.6 Å². The Hall–Kier alpha value is -2.70. The van der Waals surface area contributed by atoms with E-state index in [1.165, 1.54) is 0 Å². The quantitative estimate of drug-likeness (QED) is 0.474. The van der Waals surface area contributed by atoms with Gasteiger partial charge in [-0.15, -0.1) is 0 Å². The summed E-state index contributed by atoms with van der Waals surface area (Å²) in [5.74, 6) is -0.555. The van der Waals surface area contributed by atoms with Crippen LogP contribution < -0.4 is 0 Å². The molecule has 3 N–H and O–H groups in total. The van der Waals surface area contributed by atoms with Gasteiger partial charge in [0.2, 0.25) is 0 Å². The van der Waals surface area contributed by atoms with Gasteiger partial charge in [0, 0.05) is 11.4 Å². The van der Waals surface area contributed by atoms with Crippen molar-refractivity contribution in [2.75, 3.05) is 6.61 Å². The molecule has 0 saturated carbocycles. The van der Waals surface area contributed by atoms with E-state index in [4.69, 9.17) is 21.4 Å². The summed E-state index contributed by atoms with van der Waals surface area (Å²) in [4.78, 5) is 12.7. The molecular weight excluding hydrogens is 404 g/mol. The van der Waals surface area contributed by atoms with E-state index in [-0.39, 0.29) is 6.42 Å². The number of halogens is 1. The Balaban J connectivity index is 1.77. The van der Waals surface area contributed by atoms with Gasteiger partial charge < -0.3 is 20.1 Å². The third-order valence-electron chi connectivity index (χ3n) is 4.81. The summed E-state index contributed by atoms with van der Waals surface area (Å²) in [5.41, 5.74) is 3.00. The fourth-order valence-electron chi connectivity index (χ4n) is 3.05. The van der Waals surface area contributed by atoms with Gasteiger partial charge in [-0.2, -0.15) is 0 Å². The van der Waals surface area contributed by atoms with Gasteiger partial charge in [-0.3, -0.25) is 0 Å². The molecule has 3 aromatic rings. The lowest BCUT2D eigenvalue weighted by Gasteiger charge is -2.23. The Morgan fingerprint density at radius 3 is 2.03 bits per heavy atom. The van der Waals surface area contributed by atoms with Crippen LogP contribution >= 0.6 is 11.6 Å². The molecule has 0 radical (unpaired) electrons. The minimum absolute atomic E-state index is 0.0722. The number of esters is 1. The maximum absolute atomic E-state index is 12.7. The third-order valence-corrected chi connectivity index (χ3v) is 5.06. The molecule has 0 aliphatic carbocycles. The second-order valence-corrected chi connectivity index (χ2v) is 7.38. The first kappa shape index (κ1) is 22.0. The molecule has 5 nitrogen and oxygen atoms in total. The SMILES string of the molecule is O=C(O[C@@H](CC(O)C(O)CO)c1ccc(Cl)cc1)c1ccc(-c2ccccc2)cc1. The van der Waals surface area contributed by atoms with Crippen molar-refractivity contribution < 1.29 is 24.9 Å². The highest BCUT2D eigenvalue weighted by Gasteiger charge is 2.25. The van der Waals surface area contributed by atoms with E-state index in [0.29, 0.717) is 16.1 Å². The number of aliphatic hydroxyl groups excluding tert-OH is 3. The fraction of sp³-hybridized carbons (Fsp3) is 0.208. The predicted octanol–water partition coefficient (Wildman–Crippen LogP) is 4.01. The number of benzene rings is 3. The Labute approximate surface area is 180 Å². The zero-order valence-corrected chi connectivity index (χ0v) is 16.9. The van der Waals surface area contributed by atoms with Crippen molar-refractivity contribution in [1.29, 1.82) is 0 Å². The minimum Gasteiger partial charge on any atom is -0.454 e. The van der Waals surface area contributed by atoms with E-state index in [9.17, 15) is 15.0 Å². The average Bonchev–Trinajstić information content (AvgIpc) is 2.79. The van der Waals surface area contributed by atoms with E-state index in [1.807, 2.05) is 42.5 Å². The molecule has 3 aromatic carbocycles. The van der Waals surface area contributed by atoms with Crippen LogP contribution in [0, 0.1) is 0 Å². The Morgan fingerprint density at radius 2 is 1.43 bits per heavy atom. The highest BCUT2D eigenvalue weighted by atomic mass is 35.5. The molecule has 0 saturated heterocycles. The van der Waals surface area contributed by atoms with Crippen LogP contribution in [0.2, 0.25) is 5.02 Å². The summed E-state index contributed by atoms with van der Waals surface area (Å²) < 4.78 is 5.64. The number of aliphatic hydroxyl groups is 3. The van der Waals surface area contributed by atoms with Crippen molar-refractivity contribution in [2.24, 2.45) is 0 Å². The van der Waals surface area contributed by atoms with E-state index >= 15 is 0 Å². The first-order chi connectivity index (χ1) is 14.5. The molecule has 2 unspecified atom stereocenters. The lowest BCUT2D eigenvalue weighted by atomic mass is 10.00. The molecule has 0 bridgehead atoms. The highest BCUT2D eigenvalue weighted by Crippen LogP contribution is 2.27. The number of hydrogen-bond donors (Lipinski definition) is 3. The molecule has 0 aromatic heterocycles. The van der Waals surface area contributed by atoms with Gasteiger partial charge in [0.15, 0.2) is 0 Å². The van der Waals surface area contributed by atoms with Crippen LogP contribution in [0.15, 0.2) is 78.9 Å². The van der Waals surface area contributed by atoms with Gasteiger partial charge in [-0.1, -0.05) is 66.2 Å². The Kier molecular flexibility index (Phi) is 7.60. The van der Waals surface area contributed by atoms with Crippen LogP contribution in [-0.2, 0) is 4.74 Å². The number of carbonyl (C=O) groups excluding carboxylic acids is 1. The zero-order chi connectivity index (χ0) is 21.5. The summed E-state index contributed by atoms with van der Waals surface area (Å²) in [5, 5.41) is 29.4. The molecule has 0 amide bonds. The standard InChI is InChI=1S/C24H23ClO5/c25-20-12-10-18(11-13-20)23(14-21(27)22(28)15-26)30-24(29)19-8-6-17(7-9-19)16-4-2-1-3-5-16/h1-13,21-23,26-28H,14-15H2/t21?,22?,23-/m0/s1. The van der Waals surface area contributed by atoms with Gasteiger partial charge in [0.1, 0.15) is 12.2 Å². The van der Waals surface area contributed by atoms with Gasteiger partial charge in [0.25, 0.3) is 0 Å². The summed E-state index contributed by atoms with van der Waals surface area (Å²) >= 11 is 5.93. The molecule has 3 atom stereocenters. The summed E-state index contributed by atoms with van der Waals surface area (Å²) in [7, 11) is 0. The lowest BCUT2D eigenvalue weighted by Crippen LogP contribution is -2.31. The molecule has 0 heterocycles. The number of hydrogen-bond acceptors (Lipinski definition) is 5. The average molecular weight is 427 g/mol. The van der Waals surface area contributed by atoms with Crippen LogP contribution in [0.4, 0.5) is 0 Å². The molecule has 156 valence electrons. The molecule has 3 rings (SSSR count). The fourth-order valence-corrected chi connectivity index (χ4v) is 3.18. The van der Waals surface area contributed by atoms with E-state index < -0.39 is 30.9 Å². The molecule has 30 heavy (non-hydrogen) atoms. The molecular formula is C24H23ClO5. The maximum Gasteiger partial charge on any atom is 0.338 e. The molecule has 0 fully saturated rings. The van der Waals surface area contributed by atoms with Crippen LogP contribution in [-0.4, -0.2) is 40.1 Å². The highest BCUT2D eigenvalue weighted by molar-refractivity contribution is 6.30. The lowest BCUT2D eigenvalue weighted by molar-refractivity contribution is -0.0431. The van der Waals surface area contributed by atoms with Crippen LogP contribution in [0.5, 0.6) is 0 Å². The van der Waals surface area contributed by atoms with Gasteiger partial charge in [-0.25, -0.2) is 4.79 Å². The smallest absolute Gasteiger partial charge is 0.338 e. The van der Waals surface area contributed by atoms with Crippen molar-refractivity contribution in [3.05, 3.63) is 95.0 Å². The first-order valence-corrected chi connectivity index (χ1v) is 9.94. The van der Waals surface area contributed by atoms with Crippen molar-refractivity contribution in [3.63, 3.8) is 0 Å². The van der Waals surface area contributed by atoms with E-state index in [1.54, 1.807) is 36.4 Å². The Bertz CT molecular complexity index is 942. The summed E-state index contributed by atoms with van der Waals surface area (Å²) in [6, 6.07) is 23.5. The number of ether oxygens (including phenoxy) is 1. The summed E-state index contributed by atoms with van der Waals surface area (Å²) in [6.07, 6.45) is -3.48. The predicted molar refractivity (Wildman–Crippen MR) is 115 cm³/mol. The zero-order valence-electron chi connectivity index (χ0n) is 16.2. The monoisotopic (exact) mass is 426 g/mol. The van der Waals surface area contributed by atoms with Crippen molar-refractivity contribution in [3.8, 4) is 11.1 Å². The second-order valence-electron chi connectivity index (χ2n) is 6.94. The minimum atomic E-state index is -1.33. The molecule has 0 aliphatic rings. The topological polar surface area (TPSA) is 87.0 Å². The van der Waals surface area contributed by atoms with Crippen molar-refractivity contribution in [2.45, 2.75) is 24.7 Å². The van der Waals surface area contributed by atoms with Gasteiger partial charge >= 0.3 is 5.97 Å². The summed E-state index contributed by atoms with van der Waals surface area (Å²) in [6.45, 7) is -0.594. The van der Waals surface area contributed by atoms with E-state index in [0.717, 1.165) is 11.1 Å². The third kappa shape index (κ3) is 5.68. The van der Waals surface area contributed by atoms with Gasteiger partial charge in [-0.05, 0) is 41.0 Å². The normalized spacial score (nSPS) is 14.0. The molecule has 0 aliphatic heterocycles. The molecule has 0 spiro atoms. The van der Waals surface area contributed by atoms with Crippen LogP contribution in [0.25, 0.3) is 11.1 Å². The maximum atomic E-state index is 12.7. The van der Waals surface area contributed by atoms with Gasteiger partial charge in [0.05, 0.1) is 18.3 Å². The first-order valence-electron chi connectivity index (χ1n) is 9.57. The number of rotatable bonds is 8. The van der Waals surface area contributed by atoms with Crippen molar-refractivity contribution in [1.82, 2.24) is 0 Å².